The van der Waals surface area contributed by atoms with Gasteiger partial charge in [-0.05, 0) is 32.6 Å². The Kier molecular flexibility index (Phi) is 5.25. The van der Waals surface area contributed by atoms with Gasteiger partial charge in [-0.25, -0.2) is 4.79 Å². The largest absolute Gasteiger partial charge is 0.331 e. The molecule has 0 aliphatic heterocycles. The summed E-state index contributed by atoms with van der Waals surface area (Å²) in [4.78, 5) is 14.0. The van der Waals surface area contributed by atoms with Crippen molar-refractivity contribution in [1.29, 1.82) is 0 Å². The summed E-state index contributed by atoms with van der Waals surface area (Å²) in [6, 6.07) is 0.0363. The van der Waals surface area contributed by atoms with Crippen molar-refractivity contribution in [2.75, 3.05) is 19.6 Å². The van der Waals surface area contributed by atoms with Crippen LogP contribution < -0.4 is 11.1 Å². The van der Waals surface area contributed by atoms with Crippen LogP contribution in [0.3, 0.4) is 0 Å². The highest BCUT2D eigenvalue weighted by molar-refractivity contribution is 5.75. The minimum atomic E-state index is -0.183. The van der Waals surface area contributed by atoms with Crippen LogP contribution in [0.5, 0.6) is 0 Å². The van der Waals surface area contributed by atoms with E-state index in [1.807, 2.05) is 18.7 Å². The predicted molar refractivity (Wildman–Crippen MR) is 70.9 cm³/mol. The lowest BCUT2D eigenvalue weighted by molar-refractivity contribution is 0.142. The topological polar surface area (TPSA) is 58.4 Å². The zero-order valence-electron chi connectivity index (χ0n) is 11.5. The molecule has 0 spiro atoms. The number of hydrogen-bond donors (Lipinski definition) is 2. The average Bonchev–Trinajstić information content (AvgIpc) is 2.34. The van der Waals surface area contributed by atoms with Gasteiger partial charge in [-0.1, -0.05) is 19.8 Å². The molecule has 2 amide bonds. The van der Waals surface area contributed by atoms with Gasteiger partial charge in [0.2, 0.25) is 0 Å². The molecule has 1 fully saturated rings. The molecule has 4 heteroatoms. The van der Waals surface area contributed by atoms with Crippen LogP contribution in [0.1, 0.15) is 46.5 Å². The number of amides is 2. The van der Waals surface area contributed by atoms with E-state index in [9.17, 15) is 4.79 Å². The van der Waals surface area contributed by atoms with E-state index in [-0.39, 0.29) is 11.6 Å². The minimum Gasteiger partial charge on any atom is -0.331 e. The lowest BCUT2D eigenvalue weighted by Crippen LogP contribution is -2.61. The number of nitrogens with two attached hydrogens (primary N) is 1. The van der Waals surface area contributed by atoms with E-state index in [1.165, 1.54) is 12.8 Å². The molecule has 2 unspecified atom stereocenters. The van der Waals surface area contributed by atoms with Crippen molar-refractivity contribution in [3.63, 3.8) is 0 Å². The van der Waals surface area contributed by atoms with Gasteiger partial charge in [-0.2, -0.15) is 0 Å². The van der Waals surface area contributed by atoms with Crippen LogP contribution >= 0.6 is 0 Å². The molecule has 0 aromatic heterocycles. The van der Waals surface area contributed by atoms with Crippen LogP contribution in [-0.4, -0.2) is 36.1 Å². The lowest BCUT2D eigenvalue weighted by atomic mass is 9.73. The van der Waals surface area contributed by atoms with Gasteiger partial charge < -0.3 is 16.0 Å². The maximum absolute atomic E-state index is 12.1. The highest BCUT2D eigenvalue weighted by atomic mass is 16.2. The second-order valence-corrected chi connectivity index (χ2v) is 5.11. The standard InChI is InChI=1S/C13H27N3O/c1-4-16(5-2)12(17)15-13(10-14)9-7-6-8-11(13)3/h11H,4-10,14H2,1-3H3,(H,15,17). The number of carbonyl (C=O) groups is 1. The van der Waals surface area contributed by atoms with Gasteiger partial charge in [-0.3, -0.25) is 0 Å². The summed E-state index contributed by atoms with van der Waals surface area (Å²) in [5.74, 6) is 0.473. The van der Waals surface area contributed by atoms with E-state index in [1.54, 1.807) is 0 Å². The number of carbonyl (C=O) groups excluding carboxylic acids is 1. The normalized spacial score (nSPS) is 28.8. The number of rotatable bonds is 4. The van der Waals surface area contributed by atoms with Crippen molar-refractivity contribution in [1.82, 2.24) is 10.2 Å². The Morgan fingerprint density at radius 3 is 2.53 bits per heavy atom. The monoisotopic (exact) mass is 241 g/mol. The van der Waals surface area contributed by atoms with Crippen molar-refractivity contribution < 1.29 is 4.79 Å². The number of nitrogens with one attached hydrogen (secondary N) is 1. The third-order valence-electron chi connectivity index (χ3n) is 4.22. The van der Waals surface area contributed by atoms with Gasteiger partial charge in [0.25, 0.3) is 0 Å². The van der Waals surface area contributed by atoms with E-state index in [0.29, 0.717) is 12.5 Å². The summed E-state index contributed by atoms with van der Waals surface area (Å²) in [7, 11) is 0. The summed E-state index contributed by atoms with van der Waals surface area (Å²) >= 11 is 0. The predicted octanol–water partition coefficient (Wildman–Crippen LogP) is 1.95. The van der Waals surface area contributed by atoms with Crippen molar-refractivity contribution in [2.24, 2.45) is 11.7 Å². The summed E-state index contributed by atoms with van der Waals surface area (Å²) in [6.45, 7) is 8.25. The first-order valence-electron chi connectivity index (χ1n) is 6.86. The molecular weight excluding hydrogens is 214 g/mol. The van der Waals surface area contributed by atoms with Gasteiger partial charge in [-0.15, -0.1) is 0 Å². The Morgan fingerprint density at radius 1 is 1.41 bits per heavy atom. The molecule has 0 bridgehead atoms. The molecular formula is C13H27N3O. The van der Waals surface area contributed by atoms with Gasteiger partial charge in [0.1, 0.15) is 0 Å². The molecule has 17 heavy (non-hydrogen) atoms. The third-order valence-corrected chi connectivity index (χ3v) is 4.22. The molecule has 0 saturated heterocycles. The number of nitrogens with zero attached hydrogens (tertiary/aromatic N) is 1. The molecule has 100 valence electrons. The highest BCUT2D eigenvalue weighted by Crippen LogP contribution is 2.32. The maximum atomic E-state index is 12.1. The summed E-state index contributed by atoms with van der Waals surface area (Å²) < 4.78 is 0. The lowest BCUT2D eigenvalue weighted by Gasteiger charge is -2.43. The van der Waals surface area contributed by atoms with Gasteiger partial charge in [0.05, 0.1) is 5.54 Å². The first-order chi connectivity index (χ1) is 8.09. The molecule has 4 nitrogen and oxygen atoms in total. The Hall–Kier alpha value is -0.770. The Balaban J connectivity index is 2.70. The Labute approximate surface area is 105 Å². The molecule has 1 aliphatic carbocycles. The number of hydrogen-bond acceptors (Lipinski definition) is 2. The molecule has 0 aromatic carbocycles. The fraction of sp³-hybridized carbons (Fsp3) is 0.923. The fourth-order valence-corrected chi connectivity index (χ4v) is 2.76. The molecule has 1 saturated carbocycles. The van der Waals surface area contributed by atoms with Crippen molar-refractivity contribution in [3.05, 3.63) is 0 Å². The molecule has 1 rings (SSSR count). The highest BCUT2D eigenvalue weighted by Gasteiger charge is 2.38. The number of urea groups is 1. The maximum Gasteiger partial charge on any atom is 0.317 e. The first-order valence-corrected chi connectivity index (χ1v) is 6.86. The third kappa shape index (κ3) is 3.12. The molecule has 0 aromatic rings. The second kappa shape index (κ2) is 6.24. The van der Waals surface area contributed by atoms with E-state index < -0.39 is 0 Å². The molecule has 1 aliphatic rings. The zero-order valence-corrected chi connectivity index (χ0v) is 11.5. The smallest absolute Gasteiger partial charge is 0.317 e. The van der Waals surface area contributed by atoms with E-state index in [2.05, 4.69) is 12.2 Å². The summed E-state index contributed by atoms with van der Waals surface area (Å²) in [6.07, 6.45) is 4.59. The van der Waals surface area contributed by atoms with Crippen LogP contribution in [0.25, 0.3) is 0 Å². The van der Waals surface area contributed by atoms with Gasteiger partial charge in [0.15, 0.2) is 0 Å². The fourth-order valence-electron chi connectivity index (χ4n) is 2.76. The van der Waals surface area contributed by atoms with E-state index in [4.69, 9.17) is 5.73 Å². The van der Waals surface area contributed by atoms with Crippen molar-refractivity contribution >= 4 is 6.03 Å². The molecule has 0 radical (unpaired) electrons. The van der Waals surface area contributed by atoms with Gasteiger partial charge >= 0.3 is 6.03 Å². The van der Waals surface area contributed by atoms with Crippen LogP contribution in [0.4, 0.5) is 4.79 Å². The second-order valence-electron chi connectivity index (χ2n) is 5.11. The minimum absolute atomic E-state index is 0.0363. The molecule has 2 atom stereocenters. The van der Waals surface area contributed by atoms with Gasteiger partial charge in [0, 0.05) is 19.6 Å². The van der Waals surface area contributed by atoms with Crippen molar-refractivity contribution in [2.45, 2.75) is 52.0 Å². The van der Waals surface area contributed by atoms with Crippen molar-refractivity contribution in [3.8, 4) is 0 Å². The van der Waals surface area contributed by atoms with E-state index >= 15 is 0 Å². The Bertz CT molecular complexity index is 253. The van der Waals surface area contributed by atoms with Crippen LogP contribution in [0.2, 0.25) is 0 Å². The first kappa shape index (κ1) is 14.3. The Morgan fingerprint density at radius 2 is 2.06 bits per heavy atom. The van der Waals surface area contributed by atoms with Crippen LogP contribution in [0, 0.1) is 5.92 Å². The average molecular weight is 241 g/mol. The van der Waals surface area contributed by atoms with Crippen LogP contribution in [-0.2, 0) is 0 Å². The molecule has 0 heterocycles. The van der Waals surface area contributed by atoms with Crippen LogP contribution in [0.15, 0.2) is 0 Å². The quantitative estimate of drug-likeness (QED) is 0.790. The summed E-state index contributed by atoms with van der Waals surface area (Å²) in [5.41, 5.74) is 5.74. The zero-order chi connectivity index (χ0) is 12.9. The SMILES string of the molecule is CCN(CC)C(=O)NC1(CN)CCCCC1C. The summed E-state index contributed by atoms with van der Waals surface area (Å²) in [5, 5.41) is 3.20. The van der Waals surface area contributed by atoms with E-state index in [0.717, 1.165) is 25.9 Å². The molecule has 3 N–H and O–H groups in total.